The molecule has 0 aromatic heterocycles. The molecule has 0 aliphatic heterocycles. The average molecular weight is 175 g/mol. The molecule has 0 fully saturated rings. The Morgan fingerprint density at radius 3 is 2.00 bits per heavy atom. The van der Waals surface area contributed by atoms with Crippen LogP contribution in [0.5, 0.6) is 0 Å². The minimum Gasteiger partial charge on any atom is -0.350 e. The van der Waals surface area contributed by atoms with E-state index in [4.69, 9.17) is 4.55 Å². The van der Waals surface area contributed by atoms with Gasteiger partial charge in [-0.3, -0.25) is 4.55 Å². The molecule has 6 nitrogen and oxygen atoms in total. The molecule has 0 heterocycles. The fourth-order valence-electron chi connectivity index (χ4n) is 0.114. The lowest BCUT2D eigenvalue weighted by atomic mass is 11.2. The molecule has 0 aromatic carbocycles. The molecule has 0 aliphatic rings. The molecule has 2 amide bonds. The summed E-state index contributed by atoms with van der Waals surface area (Å²) in [5.41, 5.74) is 4.34. The Balaban J connectivity index is 4.43. The highest BCUT2D eigenvalue weighted by Gasteiger charge is 2.19. The van der Waals surface area contributed by atoms with E-state index in [1.807, 2.05) is 0 Å². The van der Waals surface area contributed by atoms with Crippen LogP contribution in [0.1, 0.15) is 0 Å². The third-order valence-corrected chi connectivity index (χ3v) is 1.65. The van der Waals surface area contributed by atoms with Gasteiger partial charge in [-0.15, -0.1) is 3.82 Å². The van der Waals surface area contributed by atoms with Gasteiger partial charge in [0.1, 0.15) is 0 Å². The van der Waals surface area contributed by atoms with Gasteiger partial charge in [0.05, 0.1) is 0 Å². The molecule has 0 atom stereocenters. The monoisotopic (exact) mass is 174 g/mol. The van der Waals surface area contributed by atoms with E-state index in [9.17, 15) is 13.2 Å². The summed E-state index contributed by atoms with van der Waals surface area (Å²) in [5.74, 6) is 0. The number of primary amides is 1. The Hall–Kier alpha value is -0.530. The van der Waals surface area contributed by atoms with Crippen LogP contribution in [0.4, 0.5) is 4.79 Å². The van der Waals surface area contributed by atoms with Crippen molar-refractivity contribution < 1.29 is 17.8 Å². The van der Waals surface area contributed by atoms with Crippen LogP contribution in [-0.2, 0) is 10.3 Å². The van der Waals surface area contributed by atoms with Crippen molar-refractivity contribution >= 4 is 28.1 Å². The molecular formula is CH3ClN2O4S. The Morgan fingerprint density at radius 1 is 1.67 bits per heavy atom. The van der Waals surface area contributed by atoms with Gasteiger partial charge in [-0.05, 0) is 0 Å². The van der Waals surface area contributed by atoms with Gasteiger partial charge in [0.25, 0.3) is 0 Å². The maximum Gasteiger partial charge on any atom is 0.377 e. The fraction of sp³-hybridized carbons (Fsp3) is 0. The molecule has 0 bridgehead atoms. The van der Waals surface area contributed by atoms with Gasteiger partial charge in [0.15, 0.2) is 0 Å². The highest BCUT2D eigenvalue weighted by molar-refractivity contribution is 7.85. The second-order valence-corrected chi connectivity index (χ2v) is 2.83. The first-order valence-corrected chi connectivity index (χ1v) is 3.32. The molecule has 0 aliphatic carbocycles. The van der Waals surface area contributed by atoms with Crippen molar-refractivity contribution in [3.63, 3.8) is 0 Å². The summed E-state index contributed by atoms with van der Waals surface area (Å²) in [7, 11) is -4.68. The predicted molar refractivity (Wildman–Crippen MR) is 28.8 cm³/mol. The van der Waals surface area contributed by atoms with Crippen molar-refractivity contribution in [3.05, 3.63) is 0 Å². The zero-order valence-electron chi connectivity index (χ0n) is 3.98. The van der Waals surface area contributed by atoms with Crippen LogP contribution in [0, 0.1) is 0 Å². The van der Waals surface area contributed by atoms with Crippen LogP contribution in [-0.4, -0.2) is 22.8 Å². The Morgan fingerprint density at radius 2 is 2.00 bits per heavy atom. The molecule has 0 aromatic rings. The molecule has 0 radical (unpaired) electrons. The summed E-state index contributed by atoms with van der Waals surface area (Å²) in [6.07, 6.45) is 0. The molecule has 0 unspecified atom stereocenters. The van der Waals surface area contributed by atoms with Crippen LogP contribution in [0.2, 0.25) is 0 Å². The second kappa shape index (κ2) is 2.38. The third kappa shape index (κ3) is 2.49. The molecule has 0 rings (SSSR count). The summed E-state index contributed by atoms with van der Waals surface area (Å²) >= 11 is 4.61. The highest BCUT2D eigenvalue weighted by Crippen LogP contribution is 1.99. The van der Waals surface area contributed by atoms with E-state index >= 15 is 0 Å². The van der Waals surface area contributed by atoms with Gasteiger partial charge in [-0.25, -0.2) is 4.79 Å². The normalized spacial score (nSPS) is 10.9. The van der Waals surface area contributed by atoms with E-state index in [1.165, 1.54) is 0 Å². The minimum absolute atomic E-state index is 0.507. The number of halogens is 1. The third-order valence-electron chi connectivity index (χ3n) is 0.376. The SMILES string of the molecule is NC(=O)N(Cl)S(=O)(=O)O. The zero-order chi connectivity index (χ0) is 7.65. The minimum atomic E-state index is -4.68. The molecule has 54 valence electrons. The lowest BCUT2D eigenvalue weighted by molar-refractivity contribution is 0.242. The van der Waals surface area contributed by atoms with Crippen molar-refractivity contribution in [2.75, 3.05) is 0 Å². The summed E-state index contributed by atoms with van der Waals surface area (Å²) in [5, 5.41) is 0. The molecule has 3 N–H and O–H groups in total. The maximum atomic E-state index is 9.82. The first-order chi connectivity index (χ1) is 3.85. The van der Waals surface area contributed by atoms with Crippen LogP contribution in [0.3, 0.4) is 0 Å². The predicted octanol–water partition coefficient (Wildman–Crippen LogP) is -0.676. The summed E-state index contributed by atoms with van der Waals surface area (Å²) < 4.78 is 27.1. The first-order valence-electron chi connectivity index (χ1n) is 1.58. The second-order valence-electron chi connectivity index (χ2n) is 1.03. The van der Waals surface area contributed by atoms with Gasteiger partial charge in [-0.2, -0.15) is 8.42 Å². The number of carbonyl (C=O) groups excluding carboxylic acids is 1. The number of hydrogen-bond donors (Lipinski definition) is 2. The standard InChI is InChI=1S/CH3ClN2O4S/c2-4(1(3)5)9(6,7)8/h(H2,3,5)(H,6,7,8). The summed E-state index contributed by atoms with van der Waals surface area (Å²) in [6, 6.07) is -1.46. The summed E-state index contributed by atoms with van der Waals surface area (Å²) in [6.45, 7) is 0. The van der Waals surface area contributed by atoms with E-state index in [2.05, 4.69) is 17.5 Å². The number of carbonyl (C=O) groups is 1. The van der Waals surface area contributed by atoms with Gasteiger partial charge >= 0.3 is 16.3 Å². The van der Waals surface area contributed by atoms with Gasteiger partial charge in [0, 0.05) is 11.8 Å². The van der Waals surface area contributed by atoms with E-state index in [0.29, 0.717) is 0 Å². The van der Waals surface area contributed by atoms with E-state index in [-0.39, 0.29) is 0 Å². The van der Waals surface area contributed by atoms with E-state index in [0.717, 1.165) is 0 Å². The molecular weight excluding hydrogens is 172 g/mol. The van der Waals surface area contributed by atoms with Gasteiger partial charge in [0.2, 0.25) is 0 Å². The number of nitrogens with two attached hydrogens (primary N) is 1. The molecule has 0 spiro atoms. The topological polar surface area (TPSA) is 101 Å². The number of amides is 2. The molecule has 9 heavy (non-hydrogen) atoms. The van der Waals surface area contributed by atoms with Crippen LogP contribution in [0.15, 0.2) is 0 Å². The number of nitrogens with zero attached hydrogens (tertiary/aromatic N) is 1. The van der Waals surface area contributed by atoms with Crippen LogP contribution < -0.4 is 5.73 Å². The number of hydrogen-bond acceptors (Lipinski definition) is 3. The highest BCUT2D eigenvalue weighted by atomic mass is 35.5. The molecule has 0 saturated heterocycles. The smallest absolute Gasteiger partial charge is 0.350 e. The fourth-order valence-corrected chi connectivity index (χ4v) is 0.341. The number of rotatable bonds is 1. The van der Waals surface area contributed by atoms with Gasteiger partial charge < -0.3 is 5.73 Å². The van der Waals surface area contributed by atoms with E-state index < -0.39 is 20.2 Å². The largest absolute Gasteiger partial charge is 0.377 e. The quantitative estimate of drug-likeness (QED) is 0.406. The Bertz CT molecular complexity index is 209. The van der Waals surface area contributed by atoms with Crippen LogP contribution in [0.25, 0.3) is 0 Å². The molecule has 8 heteroatoms. The lowest BCUT2D eigenvalue weighted by Crippen LogP contribution is -2.32. The first kappa shape index (κ1) is 8.47. The van der Waals surface area contributed by atoms with Gasteiger partial charge in [-0.1, -0.05) is 0 Å². The van der Waals surface area contributed by atoms with Crippen molar-refractivity contribution in [3.8, 4) is 0 Å². The Kier molecular flexibility index (Phi) is 2.24. The van der Waals surface area contributed by atoms with Crippen molar-refractivity contribution in [2.24, 2.45) is 5.73 Å². The molecule has 0 saturated carbocycles. The van der Waals surface area contributed by atoms with Crippen molar-refractivity contribution in [1.82, 2.24) is 3.82 Å². The maximum absolute atomic E-state index is 9.82. The average Bonchev–Trinajstić information content (AvgIpc) is 1.62. The Labute approximate surface area is 56.2 Å². The van der Waals surface area contributed by atoms with E-state index in [1.54, 1.807) is 0 Å². The van der Waals surface area contributed by atoms with Crippen molar-refractivity contribution in [2.45, 2.75) is 0 Å². The lowest BCUT2D eigenvalue weighted by Gasteiger charge is -2.03. The summed E-state index contributed by atoms with van der Waals surface area (Å²) in [4.78, 5) is 9.82. The zero-order valence-corrected chi connectivity index (χ0v) is 5.56. The number of urea groups is 1. The van der Waals surface area contributed by atoms with Crippen molar-refractivity contribution in [1.29, 1.82) is 0 Å². The van der Waals surface area contributed by atoms with Crippen LogP contribution >= 0.6 is 11.8 Å².